The van der Waals surface area contributed by atoms with Crippen molar-refractivity contribution in [2.75, 3.05) is 4.72 Å². The van der Waals surface area contributed by atoms with Crippen LogP contribution in [-0.2, 0) is 14.8 Å². The van der Waals surface area contributed by atoms with Gasteiger partial charge in [-0.2, -0.15) is 5.26 Å². The second-order valence-electron chi connectivity index (χ2n) is 3.43. The average Bonchev–Trinajstić information content (AvgIpc) is 2.30. The molecule has 0 aliphatic rings. The smallest absolute Gasteiger partial charge is 0.323 e. The van der Waals surface area contributed by atoms with Gasteiger partial charge in [0.25, 0.3) is 0 Å². The Hall–Kier alpha value is -1.78. The molecule has 2 N–H and O–H groups in total. The topological polar surface area (TPSA) is 107 Å². The van der Waals surface area contributed by atoms with Crippen molar-refractivity contribution in [3.8, 4) is 6.07 Å². The molecule has 0 fully saturated rings. The van der Waals surface area contributed by atoms with Crippen LogP contribution in [0.4, 0.5) is 5.69 Å². The first-order valence-electron chi connectivity index (χ1n) is 4.72. The molecule has 0 saturated carbocycles. The molecular weight excluding hydrogens is 280 g/mol. The monoisotopic (exact) mass is 288 g/mol. The maximum Gasteiger partial charge on any atom is 0.323 e. The highest BCUT2D eigenvalue weighted by molar-refractivity contribution is 7.94. The third-order valence-electron chi connectivity index (χ3n) is 2.16. The van der Waals surface area contributed by atoms with E-state index >= 15 is 0 Å². The number of hydrogen-bond acceptors (Lipinski definition) is 4. The average molecular weight is 289 g/mol. The number of halogens is 1. The summed E-state index contributed by atoms with van der Waals surface area (Å²) in [6.45, 7) is 1.03. The summed E-state index contributed by atoms with van der Waals surface area (Å²) in [6, 6.07) is 5.82. The van der Waals surface area contributed by atoms with Crippen molar-refractivity contribution < 1.29 is 18.3 Å². The van der Waals surface area contributed by atoms with Gasteiger partial charge in [-0.05, 0) is 25.1 Å². The van der Waals surface area contributed by atoms with Crippen LogP contribution in [0.25, 0.3) is 0 Å². The van der Waals surface area contributed by atoms with E-state index in [0.29, 0.717) is 0 Å². The van der Waals surface area contributed by atoms with E-state index in [4.69, 9.17) is 22.0 Å². The summed E-state index contributed by atoms with van der Waals surface area (Å²) >= 11 is 5.76. The predicted molar refractivity (Wildman–Crippen MR) is 65.8 cm³/mol. The van der Waals surface area contributed by atoms with Crippen LogP contribution in [-0.4, -0.2) is 24.7 Å². The largest absolute Gasteiger partial charge is 0.480 e. The van der Waals surface area contributed by atoms with Crippen molar-refractivity contribution in [3.63, 3.8) is 0 Å². The van der Waals surface area contributed by atoms with Gasteiger partial charge in [0.2, 0.25) is 10.0 Å². The highest BCUT2D eigenvalue weighted by Crippen LogP contribution is 2.24. The van der Waals surface area contributed by atoms with Gasteiger partial charge in [0.15, 0.2) is 5.25 Å². The maximum absolute atomic E-state index is 11.7. The number of nitrogens with one attached hydrogen (secondary N) is 1. The number of rotatable bonds is 4. The fourth-order valence-electron chi connectivity index (χ4n) is 1.05. The lowest BCUT2D eigenvalue weighted by Crippen LogP contribution is -2.32. The van der Waals surface area contributed by atoms with Crippen LogP contribution in [0.5, 0.6) is 0 Å². The highest BCUT2D eigenvalue weighted by atomic mass is 35.5. The van der Waals surface area contributed by atoms with Crippen LogP contribution in [0.1, 0.15) is 12.5 Å². The Morgan fingerprint density at radius 2 is 2.17 bits per heavy atom. The molecule has 0 radical (unpaired) electrons. The number of benzene rings is 1. The molecule has 0 aromatic heterocycles. The van der Waals surface area contributed by atoms with E-state index in [0.717, 1.165) is 6.92 Å². The molecule has 1 atom stereocenters. The first kappa shape index (κ1) is 14.3. The van der Waals surface area contributed by atoms with Crippen LogP contribution < -0.4 is 4.72 Å². The summed E-state index contributed by atoms with van der Waals surface area (Å²) in [7, 11) is -4.10. The number of aliphatic carboxylic acids is 1. The van der Waals surface area contributed by atoms with E-state index in [2.05, 4.69) is 4.72 Å². The molecular formula is C10H9ClN2O4S. The van der Waals surface area contributed by atoms with Gasteiger partial charge in [-0.1, -0.05) is 11.6 Å². The van der Waals surface area contributed by atoms with Crippen molar-refractivity contribution in [1.82, 2.24) is 0 Å². The van der Waals surface area contributed by atoms with Gasteiger partial charge in [0.05, 0.1) is 22.3 Å². The summed E-state index contributed by atoms with van der Waals surface area (Å²) in [5.74, 6) is -1.48. The van der Waals surface area contributed by atoms with Gasteiger partial charge in [-0.3, -0.25) is 9.52 Å². The number of nitriles is 1. The second-order valence-corrected chi connectivity index (χ2v) is 5.84. The Balaban J connectivity index is 3.12. The summed E-state index contributed by atoms with van der Waals surface area (Å²) in [6.07, 6.45) is 0. The number of hydrogen-bond donors (Lipinski definition) is 2. The molecule has 1 rings (SSSR count). The third-order valence-corrected chi connectivity index (χ3v) is 4.13. The van der Waals surface area contributed by atoms with Crippen LogP contribution >= 0.6 is 11.6 Å². The number of carboxylic acids is 1. The molecule has 0 heterocycles. The van der Waals surface area contributed by atoms with E-state index in [1.807, 2.05) is 6.07 Å². The fourth-order valence-corrected chi connectivity index (χ4v) is 2.19. The zero-order valence-electron chi connectivity index (χ0n) is 9.21. The minimum Gasteiger partial charge on any atom is -0.480 e. The fraction of sp³-hybridized carbons (Fsp3) is 0.200. The van der Waals surface area contributed by atoms with Gasteiger partial charge in [0.1, 0.15) is 0 Å². The Morgan fingerprint density at radius 3 is 2.67 bits per heavy atom. The molecule has 0 amide bonds. The molecule has 18 heavy (non-hydrogen) atoms. The summed E-state index contributed by atoms with van der Waals surface area (Å²) in [5.41, 5.74) is 0.184. The molecule has 1 unspecified atom stereocenters. The molecule has 96 valence electrons. The Labute approximate surface area is 109 Å². The molecule has 6 nitrogen and oxygen atoms in total. The van der Waals surface area contributed by atoms with E-state index in [1.165, 1.54) is 18.2 Å². The Kier molecular flexibility index (Phi) is 4.16. The number of anilines is 1. The molecule has 0 saturated heterocycles. The quantitative estimate of drug-likeness (QED) is 0.871. The van der Waals surface area contributed by atoms with Crippen molar-refractivity contribution in [1.29, 1.82) is 5.26 Å². The number of carbonyl (C=O) groups is 1. The molecule has 0 aliphatic carbocycles. The van der Waals surface area contributed by atoms with Crippen molar-refractivity contribution in [2.24, 2.45) is 0 Å². The lowest BCUT2D eigenvalue weighted by Gasteiger charge is -2.12. The van der Waals surface area contributed by atoms with Crippen molar-refractivity contribution in [2.45, 2.75) is 12.2 Å². The number of sulfonamides is 1. The van der Waals surface area contributed by atoms with Crippen LogP contribution in [0.2, 0.25) is 5.02 Å². The van der Waals surface area contributed by atoms with Crippen LogP contribution in [0.3, 0.4) is 0 Å². The van der Waals surface area contributed by atoms with E-state index < -0.39 is 21.2 Å². The maximum atomic E-state index is 11.7. The first-order valence-corrected chi connectivity index (χ1v) is 6.64. The first-order chi connectivity index (χ1) is 8.27. The van der Waals surface area contributed by atoms with Gasteiger partial charge in [-0.15, -0.1) is 0 Å². The van der Waals surface area contributed by atoms with E-state index in [1.54, 1.807) is 0 Å². The standard InChI is InChI=1S/C10H9ClN2O4S/c1-6(10(14)15)18(16,17)13-9-4-7(5-12)2-3-8(9)11/h2-4,6,13H,1H3,(H,14,15). The molecule has 0 aliphatic heterocycles. The zero-order chi connectivity index (χ0) is 13.9. The van der Waals surface area contributed by atoms with E-state index in [9.17, 15) is 13.2 Å². The lowest BCUT2D eigenvalue weighted by atomic mass is 10.2. The Bertz CT molecular complexity index is 621. The second kappa shape index (κ2) is 5.25. The van der Waals surface area contributed by atoms with Gasteiger partial charge >= 0.3 is 5.97 Å². The molecule has 0 spiro atoms. The van der Waals surface area contributed by atoms with Crippen molar-refractivity contribution in [3.05, 3.63) is 28.8 Å². The van der Waals surface area contributed by atoms with Gasteiger partial charge < -0.3 is 5.11 Å². The molecule has 1 aromatic carbocycles. The minimum absolute atomic E-state index is 0.0242. The lowest BCUT2D eigenvalue weighted by molar-refractivity contribution is -0.136. The minimum atomic E-state index is -4.10. The van der Waals surface area contributed by atoms with Gasteiger partial charge in [0, 0.05) is 0 Å². The number of carboxylic acid groups (broad SMARTS) is 1. The Morgan fingerprint density at radius 1 is 1.56 bits per heavy atom. The van der Waals surface area contributed by atoms with Crippen LogP contribution in [0.15, 0.2) is 18.2 Å². The molecule has 0 bridgehead atoms. The SMILES string of the molecule is CC(C(=O)O)S(=O)(=O)Nc1cc(C#N)ccc1Cl. The van der Waals surface area contributed by atoms with Gasteiger partial charge in [-0.25, -0.2) is 8.42 Å². The van der Waals surface area contributed by atoms with E-state index in [-0.39, 0.29) is 16.3 Å². The highest BCUT2D eigenvalue weighted by Gasteiger charge is 2.28. The summed E-state index contributed by atoms with van der Waals surface area (Å²) in [4.78, 5) is 10.6. The summed E-state index contributed by atoms with van der Waals surface area (Å²) < 4.78 is 25.4. The predicted octanol–water partition coefficient (Wildman–Crippen LogP) is 1.43. The molecule has 8 heteroatoms. The zero-order valence-corrected chi connectivity index (χ0v) is 10.8. The third kappa shape index (κ3) is 3.12. The molecule has 1 aromatic rings. The van der Waals surface area contributed by atoms with Crippen molar-refractivity contribution >= 4 is 33.3 Å². The normalized spacial score (nSPS) is 12.5. The number of nitrogens with zero attached hydrogens (tertiary/aromatic N) is 1. The van der Waals surface area contributed by atoms with Crippen LogP contribution in [0, 0.1) is 11.3 Å². The summed E-state index contributed by atoms with van der Waals surface area (Å²) in [5, 5.41) is 15.8.